The van der Waals surface area contributed by atoms with Crippen LogP contribution in [0.15, 0.2) is 4.99 Å². The normalized spacial score (nSPS) is 14.9. The highest BCUT2D eigenvalue weighted by molar-refractivity contribution is 7.11. The van der Waals surface area contributed by atoms with Crippen LogP contribution in [0.5, 0.6) is 0 Å². The molecule has 0 aromatic carbocycles. The summed E-state index contributed by atoms with van der Waals surface area (Å²) in [5.41, 5.74) is 0.603. The molecule has 1 aromatic rings. The Labute approximate surface area is 160 Å². The Morgan fingerprint density at radius 1 is 1.35 bits per heavy atom. The van der Waals surface area contributed by atoms with Crippen LogP contribution in [0.3, 0.4) is 0 Å². The third kappa shape index (κ3) is 6.48. The highest BCUT2D eigenvalue weighted by Crippen LogP contribution is 2.28. The van der Waals surface area contributed by atoms with Crippen LogP contribution in [0.25, 0.3) is 0 Å². The van der Waals surface area contributed by atoms with E-state index >= 15 is 0 Å². The Kier molecular flexibility index (Phi) is 6.86. The van der Waals surface area contributed by atoms with Crippen molar-refractivity contribution in [2.45, 2.75) is 65.6 Å². The van der Waals surface area contributed by atoms with Crippen LogP contribution >= 0.6 is 11.3 Å². The Morgan fingerprint density at radius 2 is 2.04 bits per heavy atom. The van der Waals surface area contributed by atoms with E-state index < -0.39 is 5.60 Å². The summed E-state index contributed by atoms with van der Waals surface area (Å²) in [6.07, 6.45) is 1.86. The van der Waals surface area contributed by atoms with Gasteiger partial charge in [-0.2, -0.15) is 0 Å². The van der Waals surface area contributed by atoms with E-state index in [9.17, 15) is 4.79 Å². The van der Waals surface area contributed by atoms with Crippen LogP contribution in [0.2, 0.25) is 0 Å². The largest absolute Gasteiger partial charge is 0.444 e. The van der Waals surface area contributed by atoms with Crippen molar-refractivity contribution < 1.29 is 9.53 Å². The summed E-state index contributed by atoms with van der Waals surface area (Å²) in [6, 6.07) is 0.308. The van der Waals surface area contributed by atoms with E-state index in [1.807, 2.05) is 32.6 Å². The SMILES string of the molecule is CN=C(NCCN(C(=O)OC(C)(C)C)C1CC1)NCc1nc(C)c(C)s1. The van der Waals surface area contributed by atoms with Crippen molar-refractivity contribution in [1.29, 1.82) is 0 Å². The van der Waals surface area contributed by atoms with E-state index in [2.05, 4.69) is 27.5 Å². The Bertz CT molecular complexity index is 627. The third-order valence-corrected chi connectivity index (χ3v) is 5.04. The van der Waals surface area contributed by atoms with Crippen molar-refractivity contribution in [3.8, 4) is 0 Å². The number of amides is 1. The summed E-state index contributed by atoms with van der Waals surface area (Å²) in [5.74, 6) is 0.704. The number of thiazole rings is 1. The number of rotatable bonds is 6. The van der Waals surface area contributed by atoms with Crippen LogP contribution in [-0.2, 0) is 11.3 Å². The monoisotopic (exact) mass is 381 g/mol. The van der Waals surface area contributed by atoms with Crippen molar-refractivity contribution >= 4 is 23.4 Å². The molecule has 0 radical (unpaired) electrons. The molecule has 0 bridgehead atoms. The highest BCUT2D eigenvalue weighted by Gasteiger charge is 2.34. The number of nitrogens with one attached hydrogen (secondary N) is 2. The number of aromatic nitrogens is 1. The summed E-state index contributed by atoms with van der Waals surface area (Å²) in [6.45, 7) is 11.6. The molecule has 0 spiro atoms. The average Bonchev–Trinajstić information content (AvgIpc) is 3.31. The standard InChI is InChI=1S/C18H31N5O2S/c1-12-13(2)26-15(22-12)11-21-16(19-6)20-9-10-23(14-7-8-14)17(24)25-18(3,4)5/h14H,7-11H2,1-6H3,(H2,19,20,21). The van der Waals surface area contributed by atoms with E-state index in [4.69, 9.17) is 4.74 Å². The molecule has 26 heavy (non-hydrogen) atoms. The first-order chi connectivity index (χ1) is 12.2. The van der Waals surface area contributed by atoms with Gasteiger partial charge in [0.05, 0.1) is 12.2 Å². The second kappa shape index (κ2) is 8.70. The maximum atomic E-state index is 12.4. The number of nitrogens with zero attached hydrogens (tertiary/aromatic N) is 3. The van der Waals surface area contributed by atoms with Crippen LogP contribution in [-0.4, -0.2) is 53.7 Å². The number of aliphatic imine (C=N–C) groups is 1. The first-order valence-electron chi connectivity index (χ1n) is 9.06. The van der Waals surface area contributed by atoms with Gasteiger partial charge in [-0.05, 0) is 47.5 Å². The number of guanidine groups is 1. The zero-order valence-corrected chi connectivity index (χ0v) is 17.5. The summed E-state index contributed by atoms with van der Waals surface area (Å²) in [5, 5.41) is 7.56. The van der Waals surface area contributed by atoms with E-state index in [1.54, 1.807) is 18.4 Å². The molecule has 0 atom stereocenters. The fourth-order valence-electron chi connectivity index (χ4n) is 2.42. The predicted octanol–water partition coefficient (Wildman–Crippen LogP) is 2.82. The van der Waals surface area contributed by atoms with Gasteiger partial charge in [0, 0.05) is 31.1 Å². The molecule has 1 aliphatic carbocycles. The van der Waals surface area contributed by atoms with Crippen LogP contribution < -0.4 is 10.6 Å². The molecule has 0 saturated heterocycles. The molecule has 1 saturated carbocycles. The molecule has 0 unspecified atom stereocenters. The summed E-state index contributed by atoms with van der Waals surface area (Å²) < 4.78 is 5.51. The zero-order chi connectivity index (χ0) is 19.3. The number of carbonyl (C=O) groups is 1. The molecule has 1 aliphatic rings. The Morgan fingerprint density at radius 3 is 2.54 bits per heavy atom. The zero-order valence-electron chi connectivity index (χ0n) is 16.7. The lowest BCUT2D eigenvalue weighted by molar-refractivity contribution is 0.0238. The molecule has 7 nitrogen and oxygen atoms in total. The molecular weight excluding hydrogens is 350 g/mol. The molecular formula is C18H31N5O2S. The average molecular weight is 382 g/mol. The molecule has 1 heterocycles. The van der Waals surface area contributed by atoms with Gasteiger partial charge < -0.3 is 20.3 Å². The van der Waals surface area contributed by atoms with E-state index in [0.717, 1.165) is 23.5 Å². The molecule has 2 rings (SSSR count). The first-order valence-corrected chi connectivity index (χ1v) is 9.88. The van der Waals surface area contributed by atoms with Gasteiger partial charge in [-0.3, -0.25) is 4.99 Å². The number of aryl methyl sites for hydroxylation is 2. The second-order valence-corrected chi connectivity index (χ2v) is 8.79. The van der Waals surface area contributed by atoms with Gasteiger partial charge in [0.1, 0.15) is 10.6 Å². The van der Waals surface area contributed by atoms with Gasteiger partial charge in [0.2, 0.25) is 0 Å². The van der Waals surface area contributed by atoms with Crippen molar-refractivity contribution in [3.63, 3.8) is 0 Å². The topological polar surface area (TPSA) is 78.9 Å². The fourth-order valence-corrected chi connectivity index (χ4v) is 3.29. The maximum Gasteiger partial charge on any atom is 0.410 e. The molecule has 1 fully saturated rings. The Hall–Kier alpha value is -1.83. The lowest BCUT2D eigenvalue weighted by atomic mass is 10.2. The van der Waals surface area contributed by atoms with Gasteiger partial charge in [-0.1, -0.05) is 0 Å². The minimum absolute atomic E-state index is 0.238. The van der Waals surface area contributed by atoms with Crippen LogP contribution in [0.1, 0.15) is 49.2 Å². The first kappa shape index (κ1) is 20.5. The lowest BCUT2D eigenvalue weighted by Gasteiger charge is -2.27. The molecule has 1 amide bonds. The maximum absolute atomic E-state index is 12.4. The third-order valence-electron chi connectivity index (χ3n) is 3.96. The number of carbonyl (C=O) groups excluding carboxylic acids is 1. The Balaban J connectivity index is 1.78. The predicted molar refractivity (Wildman–Crippen MR) is 106 cm³/mol. The van der Waals surface area contributed by atoms with E-state index in [0.29, 0.717) is 31.6 Å². The molecule has 2 N–H and O–H groups in total. The summed E-state index contributed by atoms with van der Waals surface area (Å²) in [7, 11) is 1.74. The molecule has 146 valence electrons. The summed E-state index contributed by atoms with van der Waals surface area (Å²) >= 11 is 1.69. The van der Waals surface area contributed by atoms with Crippen molar-refractivity contribution in [2.75, 3.05) is 20.1 Å². The lowest BCUT2D eigenvalue weighted by Crippen LogP contribution is -2.45. The van der Waals surface area contributed by atoms with Crippen molar-refractivity contribution in [1.82, 2.24) is 20.5 Å². The van der Waals surface area contributed by atoms with Gasteiger partial charge >= 0.3 is 6.09 Å². The van der Waals surface area contributed by atoms with Gasteiger partial charge in [0.15, 0.2) is 5.96 Å². The van der Waals surface area contributed by atoms with Gasteiger partial charge in [-0.25, -0.2) is 9.78 Å². The van der Waals surface area contributed by atoms with Gasteiger partial charge in [-0.15, -0.1) is 11.3 Å². The number of ether oxygens (including phenoxy) is 1. The van der Waals surface area contributed by atoms with E-state index in [-0.39, 0.29) is 6.09 Å². The number of hydrogen-bond donors (Lipinski definition) is 2. The molecule has 8 heteroatoms. The highest BCUT2D eigenvalue weighted by atomic mass is 32.1. The summed E-state index contributed by atoms with van der Waals surface area (Å²) in [4.78, 5) is 24.2. The van der Waals surface area contributed by atoms with Crippen molar-refractivity contribution in [2.24, 2.45) is 4.99 Å². The quantitative estimate of drug-likeness (QED) is 0.585. The minimum atomic E-state index is -0.473. The molecule has 0 aliphatic heterocycles. The van der Waals surface area contributed by atoms with Crippen LogP contribution in [0.4, 0.5) is 4.79 Å². The number of hydrogen-bond acceptors (Lipinski definition) is 5. The van der Waals surface area contributed by atoms with Gasteiger partial charge in [0.25, 0.3) is 0 Å². The smallest absolute Gasteiger partial charge is 0.410 e. The van der Waals surface area contributed by atoms with E-state index in [1.165, 1.54) is 4.88 Å². The van der Waals surface area contributed by atoms with Crippen molar-refractivity contribution in [3.05, 3.63) is 15.6 Å². The fraction of sp³-hybridized carbons (Fsp3) is 0.722. The minimum Gasteiger partial charge on any atom is -0.444 e. The molecule has 1 aromatic heterocycles. The second-order valence-electron chi connectivity index (χ2n) is 7.51. The van der Waals surface area contributed by atoms with Crippen LogP contribution in [0, 0.1) is 13.8 Å².